The minimum atomic E-state index is -0.119. The molecule has 0 saturated heterocycles. The van der Waals surface area contributed by atoms with E-state index >= 15 is 0 Å². The van der Waals surface area contributed by atoms with Crippen molar-refractivity contribution in [3.05, 3.63) is 64.7 Å². The molecule has 4 heteroatoms. The fourth-order valence-corrected chi connectivity index (χ4v) is 2.71. The van der Waals surface area contributed by atoms with E-state index in [9.17, 15) is 9.59 Å². The van der Waals surface area contributed by atoms with E-state index in [1.165, 1.54) is 6.92 Å². The molecule has 2 aromatic carbocycles. The molecule has 2 aromatic rings. The van der Waals surface area contributed by atoms with Gasteiger partial charge in [-0.05, 0) is 55.3 Å². The number of hydrogen-bond acceptors (Lipinski definition) is 3. The Morgan fingerprint density at radius 2 is 1.95 bits per heavy atom. The molecular formula is C18H14N2O2. The highest BCUT2D eigenvalue weighted by atomic mass is 16.2. The Labute approximate surface area is 128 Å². The van der Waals surface area contributed by atoms with Gasteiger partial charge in [0.2, 0.25) is 0 Å². The molecule has 1 heterocycles. The summed E-state index contributed by atoms with van der Waals surface area (Å²) < 4.78 is 0. The lowest BCUT2D eigenvalue weighted by Crippen LogP contribution is -2.28. The number of ketones is 1. The smallest absolute Gasteiger partial charge is 0.258 e. The SMILES string of the molecule is CC(=O)c1ccc2c(c1)CCN2C(=O)c1cccc(C#N)c1. The maximum atomic E-state index is 12.6. The van der Waals surface area contributed by atoms with Crippen LogP contribution in [0.2, 0.25) is 0 Å². The monoisotopic (exact) mass is 290 g/mol. The van der Waals surface area contributed by atoms with E-state index in [1.54, 1.807) is 35.2 Å². The first-order chi connectivity index (χ1) is 10.6. The summed E-state index contributed by atoms with van der Waals surface area (Å²) in [4.78, 5) is 25.8. The van der Waals surface area contributed by atoms with Gasteiger partial charge in [0.1, 0.15) is 0 Å². The van der Waals surface area contributed by atoms with Gasteiger partial charge in [0.15, 0.2) is 5.78 Å². The zero-order valence-corrected chi connectivity index (χ0v) is 12.2. The van der Waals surface area contributed by atoms with E-state index in [-0.39, 0.29) is 11.7 Å². The van der Waals surface area contributed by atoms with Crippen molar-refractivity contribution in [3.63, 3.8) is 0 Å². The van der Waals surface area contributed by atoms with Crippen LogP contribution in [0.25, 0.3) is 0 Å². The lowest BCUT2D eigenvalue weighted by Gasteiger charge is -2.17. The van der Waals surface area contributed by atoms with Crippen LogP contribution in [-0.4, -0.2) is 18.2 Å². The highest BCUT2D eigenvalue weighted by Crippen LogP contribution is 2.30. The van der Waals surface area contributed by atoms with Gasteiger partial charge in [-0.25, -0.2) is 0 Å². The van der Waals surface area contributed by atoms with Crippen LogP contribution < -0.4 is 4.90 Å². The zero-order chi connectivity index (χ0) is 15.7. The standard InChI is InChI=1S/C18H14N2O2/c1-12(21)14-5-6-17-15(10-14)7-8-20(17)18(22)16-4-2-3-13(9-16)11-19/h2-6,9-10H,7-8H2,1H3. The van der Waals surface area contributed by atoms with Crippen LogP contribution in [0.15, 0.2) is 42.5 Å². The Hall–Kier alpha value is -2.93. The maximum Gasteiger partial charge on any atom is 0.258 e. The first-order valence-electron chi connectivity index (χ1n) is 7.06. The molecule has 3 rings (SSSR count). The number of carbonyl (C=O) groups excluding carboxylic acids is 2. The summed E-state index contributed by atoms with van der Waals surface area (Å²) in [6, 6.07) is 14.2. The van der Waals surface area contributed by atoms with E-state index in [2.05, 4.69) is 0 Å². The minimum absolute atomic E-state index is 0.0225. The second kappa shape index (κ2) is 5.45. The number of amides is 1. The molecule has 22 heavy (non-hydrogen) atoms. The molecule has 0 saturated carbocycles. The molecule has 0 radical (unpaired) electrons. The van der Waals surface area contributed by atoms with E-state index in [0.29, 0.717) is 23.2 Å². The van der Waals surface area contributed by atoms with Crippen LogP contribution in [0.4, 0.5) is 5.69 Å². The van der Waals surface area contributed by atoms with Gasteiger partial charge in [-0.1, -0.05) is 6.07 Å². The second-order valence-corrected chi connectivity index (χ2v) is 5.30. The first-order valence-corrected chi connectivity index (χ1v) is 7.06. The maximum absolute atomic E-state index is 12.6. The second-order valence-electron chi connectivity index (χ2n) is 5.30. The van der Waals surface area contributed by atoms with Crippen LogP contribution in [0, 0.1) is 11.3 Å². The summed E-state index contributed by atoms with van der Waals surface area (Å²) in [7, 11) is 0. The Bertz CT molecular complexity index is 818. The lowest BCUT2D eigenvalue weighted by atomic mass is 10.1. The molecule has 0 aliphatic carbocycles. The summed E-state index contributed by atoms with van der Waals surface area (Å²) in [5.41, 5.74) is 3.49. The van der Waals surface area contributed by atoms with Gasteiger partial charge < -0.3 is 4.90 Å². The Kier molecular flexibility index (Phi) is 3.48. The van der Waals surface area contributed by atoms with Gasteiger partial charge in [0, 0.05) is 23.4 Å². The Morgan fingerprint density at radius 1 is 1.14 bits per heavy atom. The van der Waals surface area contributed by atoms with Gasteiger partial charge in [-0.3, -0.25) is 9.59 Å². The predicted molar refractivity (Wildman–Crippen MR) is 83.0 cm³/mol. The third-order valence-corrected chi connectivity index (χ3v) is 3.87. The van der Waals surface area contributed by atoms with Crippen molar-refractivity contribution in [1.29, 1.82) is 5.26 Å². The van der Waals surface area contributed by atoms with E-state index in [1.807, 2.05) is 18.2 Å². The van der Waals surface area contributed by atoms with Crippen molar-refractivity contribution in [2.24, 2.45) is 0 Å². The molecule has 0 unspecified atom stereocenters. The van der Waals surface area contributed by atoms with Crippen molar-refractivity contribution in [3.8, 4) is 6.07 Å². The number of Topliss-reactive ketones (excluding diaryl/α,β-unsaturated/α-hetero) is 1. The van der Waals surface area contributed by atoms with Gasteiger partial charge in [-0.2, -0.15) is 5.26 Å². The Morgan fingerprint density at radius 3 is 2.68 bits per heavy atom. The van der Waals surface area contributed by atoms with Crippen LogP contribution in [0.3, 0.4) is 0 Å². The van der Waals surface area contributed by atoms with E-state index < -0.39 is 0 Å². The molecule has 4 nitrogen and oxygen atoms in total. The summed E-state index contributed by atoms with van der Waals surface area (Å²) in [6.45, 7) is 2.12. The average Bonchev–Trinajstić information content (AvgIpc) is 2.97. The Balaban J connectivity index is 1.94. The number of hydrogen-bond donors (Lipinski definition) is 0. The van der Waals surface area contributed by atoms with Gasteiger partial charge >= 0.3 is 0 Å². The largest absolute Gasteiger partial charge is 0.308 e. The van der Waals surface area contributed by atoms with E-state index in [4.69, 9.17) is 5.26 Å². The number of nitrogens with zero attached hydrogens (tertiary/aromatic N) is 2. The van der Waals surface area contributed by atoms with Gasteiger partial charge in [0.05, 0.1) is 11.6 Å². The van der Waals surface area contributed by atoms with Crippen LogP contribution >= 0.6 is 0 Å². The number of rotatable bonds is 2. The van der Waals surface area contributed by atoms with E-state index in [0.717, 1.165) is 17.7 Å². The molecule has 1 aliphatic heterocycles. The van der Waals surface area contributed by atoms with Gasteiger partial charge in [0.25, 0.3) is 5.91 Å². The summed E-state index contributed by atoms with van der Waals surface area (Å²) in [5, 5.41) is 8.94. The predicted octanol–water partition coefficient (Wildman–Crippen LogP) is 2.96. The molecule has 1 amide bonds. The number of carbonyl (C=O) groups is 2. The van der Waals surface area contributed by atoms with Crippen molar-refractivity contribution in [1.82, 2.24) is 0 Å². The highest BCUT2D eigenvalue weighted by molar-refractivity contribution is 6.07. The van der Waals surface area contributed by atoms with Gasteiger partial charge in [-0.15, -0.1) is 0 Å². The fraction of sp³-hybridized carbons (Fsp3) is 0.167. The quantitative estimate of drug-likeness (QED) is 0.799. The van der Waals surface area contributed by atoms with Crippen LogP contribution in [0.5, 0.6) is 0 Å². The molecule has 0 aromatic heterocycles. The summed E-state index contributed by atoms with van der Waals surface area (Å²) in [6.07, 6.45) is 0.736. The third kappa shape index (κ3) is 2.38. The van der Waals surface area contributed by atoms with Crippen molar-refractivity contribution < 1.29 is 9.59 Å². The van der Waals surface area contributed by atoms with Crippen molar-refractivity contribution >= 4 is 17.4 Å². The zero-order valence-electron chi connectivity index (χ0n) is 12.2. The van der Waals surface area contributed by atoms with Crippen molar-refractivity contribution in [2.45, 2.75) is 13.3 Å². The molecule has 0 N–H and O–H groups in total. The molecule has 1 aliphatic rings. The summed E-state index contributed by atoms with van der Waals surface area (Å²) >= 11 is 0. The topological polar surface area (TPSA) is 61.2 Å². The third-order valence-electron chi connectivity index (χ3n) is 3.87. The molecule has 0 atom stereocenters. The number of fused-ring (bicyclic) bond motifs is 1. The number of benzene rings is 2. The van der Waals surface area contributed by atoms with Crippen molar-refractivity contribution in [2.75, 3.05) is 11.4 Å². The molecule has 0 bridgehead atoms. The summed E-state index contributed by atoms with van der Waals surface area (Å²) in [5.74, 6) is -0.0966. The fourth-order valence-electron chi connectivity index (χ4n) is 2.71. The molecule has 0 spiro atoms. The van der Waals surface area contributed by atoms with Crippen LogP contribution in [-0.2, 0) is 6.42 Å². The minimum Gasteiger partial charge on any atom is -0.308 e. The average molecular weight is 290 g/mol. The van der Waals surface area contributed by atoms with Crippen LogP contribution in [0.1, 0.15) is 38.8 Å². The molecule has 0 fully saturated rings. The molecule has 108 valence electrons. The number of nitriles is 1. The highest BCUT2D eigenvalue weighted by Gasteiger charge is 2.26. The normalized spacial score (nSPS) is 12.6. The number of anilines is 1. The molecular weight excluding hydrogens is 276 g/mol. The lowest BCUT2D eigenvalue weighted by molar-refractivity contribution is 0.0987. The first kappa shape index (κ1) is 14.0.